The molecule has 2 unspecified atom stereocenters. The molecule has 19 heteroatoms. The SMILES string of the molecule is CCCCCCCCCCCCCCCCCCCCCCCCC(=O)O[C@H](COC(=O)CCCCCCCCCCCCCCCCCCCC)COP(=O)(O)OC[C@@H](O)COP(=O)(O)OC[C@@H](COC(=O)CCCCCCC)OC(=O)CCCCCCCCCC(C)C. The first-order valence-corrected chi connectivity index (χ1v) is 42.6. The molecule has 0 radical (unpaired) electrons. The molecule has 0 amide bonds. The third-order valence-corrected chi connectivity index (χ3v) is 19.7. The number of aliphatic hydroxyl groups excluding tert-OH is 1. The van der Waals surface area contributed by atoms with Gasteiger partial charge in [0.15, 0.2) is 12.2 Å². The molecule has 0 aliphatic rings. The summed E-state index contributed by atoms with van der Waals surface area (Å²) in [6, 6.07) is 0. The van der Waals surface area contributed by atoms with Gasteiger partial charge in [-0.15, -0.1) is 0 Å². The number of phosphoric acid groups is 2. The Morgan fingerprint density at radius 1 is 0.284 bits per heavy atom. The second kappa shape index (κ2) is 69.2. The van der Waals surface area contributed by atoms with Crippen LogP contribution in [0, 0.1) is 5.92 Å². The van der Waals surface area contributed by atoms with Gasteiger partial charge < -0.3 is 33.8 Å². The number of hydrogen-bond donors (Lipinski definition) is 3. The van der Waals surface area contributed by atoms with Gasteiger partial charge in [0.2, 0.25) is 0 Å². The molecule has 0 aromatic carbocycles. The van der Waals surface area contributed by atoms with Crippen molar-refractivity contribution in [2.45, 2.75) is 419 Å². The van der Waals surface area contributed by atoms with Gasteiger partial charge in [0.05, 0.1) is 26.4 Å². The van der Waals surface area contributed by atoms with Crippen LogP contribution in [0.4, 0.5) is 0 Å². The third kappa shape index (κ3) is 70.3. The molecule has 5 atom stereocenters. The number of esters is 4. The van der Waals surface area contributed by atoms with E-state index in [4.69, 9.17) is 37.0 Å². The lowest BCUT2D eigenvalue weighted by Crippen LogP contribution is -2.30. The fourth-order valence-electron chi connectivity index (χ4n) is 11.7. The van der Waals surface area contributed by atoms with Crippen LogP contribution in [-0.4, -0.2) is 96.7 Å². The highest BCUT2D eigenvalue weighted by Gasteiger charge is 2.30. The predicted octanol–water partition coefficient (Wildman–Crippen LogP) is 22.5. The highest BCUT2D eigenvalue weighted by Crippen LogP contribution is 2.45. The summed E-state index contributed by atoms with van der Waals surface area (Å²) < 4.78 is 68.2. The van der Waals surface area contributed by atoms with Crippen LogP contribution in [-0.2, 0) is 65.4 Å². The van der Waals surface area contributed by atoms with Crippen LogP contribution in [0.3, 0.4) is 0 Å². The highest BCUT2D eigenvalue weighted by atomic mass is 31.2. The smallest absolute Gasteiger partial charge is 0.462 e. The van der Waals surface area contributed by atoms with Crippen LogP contribution < -0.4 is 0 Å². The minimum atomic E-state index is -4.95. The van der Waals surface area contributed by atoms with E-state index in [0.717, 1.165) is 96.3 Å². The lowest BCUT2D eigenvalue weighted by molar-refractivity contribution is -0.161. The van der Waals surface area contributed by atoms with Crippen molar-refractivity contribution in [2.24, 2.45) is 5.92 Å². The normalized spacial score (nSPS) is 13.9. The summed E-state index contributed by atoms with van der Waals surface area (Å²) in [6.07, 6.45) is 59.1. The topological polar surface area (TPSA) is 237 Å². The summed E-state index contributed by atoms with van der Waals surface area (Å²) in [5.74, 6) is -1.43. The van der Waals surface area contributed by atoms with E-state index in [1.807, 2.05) is 0 Å². The molecule has 17 nitrogen and oxygen atoms in total. The van der Waals surface area contributed by atoms with Gasteiger partial charge in [-0.1, -0.05) is 349 Å². The van der Waals surface area contributed by atoms with Gasteiger partial charge in [-0.05, 0) is 31.6 Å². The van der Waals surface area contributed by atoms with E-state index in [9.17, 15) is 43.2 Å². The van der Waals surface area contributed by atoms with E-state index >= 15 is 0 Å². The third-order valence-electron chi connectivity index (χ3n) is 17.8. The minimum Gasteiger partial charge on any atom is -0.462 e. The Balaban J connectivity index is 5.09. The van der Waals surface area contributed by atoms with Crippen LogP contribution in [0.5, 0.6) is 0 Å². The van der Waals surface area contributed by atoms with E-state index in [1.54, 1.807) is 0 Å². The number of carbonyl (C=O) groups is 4. The van der Waals surface area contributed by atoms with E-state index < -0.39 is 97.5 Å². The van der Waals surface area contributed by atoms with E-state index in [0.29, 0.717) is 31.6 Å². The average molecular weight is 1400 g/mol. The molecule has 0 aliphatic carbocycles. The molecule has 3 N–H and O–H groups in total. The molecular weight excluding hydrogens is 1250 g/mol. The number of unbranched alkanes of at least 4 members (excludes halogenated alkanes) is 48. The molecule has 0 spiro atoms. The van der Waals surface area contributed by atoms with Gasteiger partial charge in [-0.25, -0.2) is 9.13 Å². The maximum Gasteiger partial charge on any atom is 0.472 e. The van der Waals surface area contributed by atoms with Gasteiger partial charge in [0.1, 0.15) is 19.3 Å². The largest absolute Gasteiger partial charge is 0.472 e. The number of aliphatic hydroxyl groups is 1. The zero-order valence-electron chi connectivity index (χ0n) is 61.8. The van der Waals surface area contributed by atoms with Crippen LogP contribution >= 0.6 is 15.6 Å². The first kappa shape index (κ1) is 93.1. The van der Waals surface area contributed by atoms with Gasteiger partial charge in [0.25, 0.3) is 0 Å². The molecule has 0 fully saturated rings. The van der Waals surface area contributed by atoms with Crippen molar-refractivity contribution in [3.8, 4) is 0 Å². The Morgan fingerprint density at radius 2 is 0.484 bits per heavy atom. The van der Waals surface area contributed by atoms with E-state index in [2.05, 4.69) is 34.6 Å². The average Bonchev–Trinajstić information content (AvgIpc) is 1.57. The summed E-state index contributed by atoms with van der Waals surface area (Å²) in [7, 11) is -9.90. The van der Waals surface area contributed by atoms with Crippen molar-refractivity contribution >= 4 is 39.5 Å². The minimum absolute atomic E-state index is 0.103. The van der Waals surface area contributed by atoms with Crippen LogP contribution in [0.2, 0.25) is 0 Å². The van der Waals surface area contributed by atoms with Gasteiger partial charge in [-0.2, -0.15) is 0 Å². The van der Waals surface area contributed by atoms with Crippen molar-refractivity contribution in [2.75, 3.05) is 39.6 Å². The number of phosphoric ester groups is 2. The number of ether oxygens (including phenoxy) is 4. The van der Waals surface area contributed by atoms with Crippen molar-refractivity contribution in [3.63, 3.8) is 0 Å². The summed E-state index contributed by atoms with van der Waals surface area (Å²) in [6.45, 7) is 7.12. The van der Waals surface area contributed by atoms with Crippen molar-refractivity contribution in [1.82, 2.24) is 0 Å². The Kier molecular flexibility index (Phi) is 67.7. The maximum absolute atomic E-state index is 13.1. The summed E-state index contributed by atoms with van der Waals surface area (Å²) >= 11 is 0. The van der Waals surface area contributed by atoms with Gasteiger partial charge in [0, 0.05) is 25.7 Å². The fourth-order valence-corrected chi connectivity index (χ4v) is 13.3. The lowest BCUT2D eigenvalue weighted by Gasteiger charge is -2.21. The number of hydrogen-bond acceptors (Lipinski definition) is 15. The fraction of sp³-hybridized carbons (Fsp3) is 0.947. The standard InChI is InChI=1S/C76H148O17P2/c1-6-9-12-15-17-19-21-23-25-27-29-30-31-32-34-36-38-40-42-46-51-56-61-75(80)93-72(66-87-74(79)60-55-50-45-41-39-37-35-33-28-26-24-22-20-18-16-13-10-7-2)68-91-95(84,85)89-64-70(77)63-88-94(82,83)90-67-71(65-86-73(78)59-54-48-14-11-8-3)92-76(81)62-57-52-47-43-44-49-53-58-69(4)5/h69-72,77H,6-68H2,1-5H3,(H,82,83)(H,84,85)/t70-,71+,72+/m0/s1. The molecule has 0 bridgehead atoms. The zero-order chi connectivity index (χ0) is 69.8. The lowest BCUT2D eigenvalue weighted by atomic mass is 10.0. The second-order valence-corrected chi connectivity index (χ2v) is 30.8. The van der Waals surface area contributed by atoms with Crippen LogP contribution in [0.15, 0.2) is 0 Å². The van der Waals surface area contributed by atoms with Crippen molar-refractivity contribution in [3.05, 3.63) is 0 Å². The molecule has 0 saturated carbocycles. The quantitative estimate of drug-likeness (QED) is 0.0222. The summed E-state index contributed by atoms with van der Waals surface area (Å²) in [5, 5.41) is 10.6. The van der Waals surface area contributed by atoms with E-state index in [1.165, 1.54) is 218 Å². The summed E-state index contributed by atoms with van der Waals surface area (Å²) in [5.41, 5.74) is 0. The number of rotatable bonds is 76. The molecule has 0 heterocycles. The van der Waals surface area contributed by atoms with Crippen LogP contribution in [0.25, 0.3) is 0 Å². The molecule has 0 saturated heterocycles. The first-order valence-electron chi connectivity index (χ1n) is 39.6. The molecule has 0 aliphatic heterocycles. The molecular formula is C76H148O17P2. The molecule has 0 rings (SSSR count). The van der Waals surface area contributed by atoms with E-state index in [-0.39, 0.29) is 25.7 Å². The molecule has 95 heavy (non-hydrogen) atoms. The van der Waals surface area contributed by atoms with Gasteiger partial charge in [-0.3, -0.25) is 37.3 Å². The maximum atomic E-state index is 13.1. The van der Waals surface area contributed by atoms with Crippen molar-refractivity contribution in [1.29, 1.82) is 0 Å². The van der Waals surface area contributed by atoms with Crippen molar-refractivity contribution < 1.29 is 80.2 Å². The first-order chi connectivity index (χ1) is 46.0. The molecule has 0 aromatic heterocycles. The van der Waals surface area contributed by atoms with Gasteiger partial charge >= 0.3 is 39.5 Å². The zero-order valence-corrected chi connectivity index (χ0v) is 63.6. The highest BCUT2D eigenvalue weighted by molar-refractivity contribution is 7.47. The number of carbonyl (C=O) groups excluding carboxylic acids is 4. The Morgan fingerprint density at radius 3 is 0.716 bits per heavy atom. The predicted molar refractivity (Wildman–Crippen MR) is 386 cm³/mol. The second-order valence-electron chi connectivity index (χ2n) is 27.9. The molecule has 0 aromatic rings. The Bertz CT molecular complexity index is 1820. The monoisotopic (exact) mass is 1400 g/mol. The van der Waals surface area contributed by atoms with Crippen LogP contribution in [0.1, 0.15) is 401 Å². The Labute approximate surface area is 581 Å². The molecule has 564 valence electrons. The summed E-state index contributed by atoms with van der Waals surface area (Å²) in [4.78, 5) is 72.4. The Hall–Kier alpha value is -1.94.